The molecule has 1 aromatic carbocycles. The van der Waals surface area contributed by atoms with Crippen LogP contribution in [-0.2, 0) is 17.6 Å². The number of aryl methyl sites for hydroxylation is 2. The van der Waals surface area contributed by atoms with Crippen molar-refractivity contribution in [3.05, 3.63) is 62.6 Å². The highest BCUT2D eigenvalue weighted by atomic mass is 19.1. The van der Waals surface area contributed by atoms with Crippen molar-refractivity contribution < 1.29 is 9.18 Å². The van der Waals surface area contributed by atoms with E-state index in [4.69, 9.17) is 0 Å². The van der Waals surface area contributed by atoms with E-state index in [2.05, 4.69) is 9.97 Å². The van der Waals surface area contributed by atoms with Crippen LogP contribution in [0.3, 0.4) is 0 Å². The molecule has 0 saturated heterocycles. The molecule has 0 aliphatic carbocycles. The zero-order chi connectivity index (χ0) is 18.1. The number of halogens is 1. The quantitative estimate of drug-likeness (QED) is 0.932. The second kappa shape index (κ2) is 6.78. The SMILES string of the molecule is Cc1nc(=O)[nH]c(C)c1CCC(=O)N1CCc2ccc(F)cc2[C@H]1C. The van der Waals surface area contributed by atoms with Crippen LogP contribution in [0.5, 0.6) is 0 Å². The molecule has 1 atom stereocenters. The largest absolute Gasteiger partial charge is 0.345 e. The van der Waals surface area contributed by atoms with Gasteiger partial charge in [0.15, 0.2) is 0 Å². The predicted octanol–water partition coefficient (Wildman–Crippen LogP) is 2.60. The number of fused-ring (bicyclic) bond motifs is 1. The lowest BCUT2D eigenvalue weighted by Crippen LogP contribution is -2.39. The van der Waals surface area contributed by atoms with Gasteiger partial charge in [-0.1, -0.05) is 6.07 Å². The van der Waals surface area contributed by atoms with Gasteiger partial charge in [0.05, 0.1) is 6.04 Å². The monoisotopic (exact) mass is 343 g/mol. The minimum Gasteiger partial charge on any atom is -0.336 e. The molecule has 2 heterocycles. The fourth-order valence-electron chi connectivity index (χ4n) is 3.62. The standard InChI is InChI=1S/C19H22FN3O2/c1-11-16(12(2)22-19(25)21-11)6-7-18(24)23-9-8-14-4-5-15(20)10-17(14)13(23)3/h4-5,10,13H,6-9H2,1-3H3,(H,21,22,25)/t13-/m1/s1. The van der Waals surface area contributed by atoms with Gasteiger partial charge in [-0.2, -0.15) is 4.98 Å². The first kappa shape index (κ1) is 17.3. The second-order valence-electron chi connectivity index (χ2n) is 6.59. The minimum atomic E-state index is -0.367. The molecule has 0 spiro atoms. The van der Waals surface area contributed by atoms with Crippen LogP contribution in [0.4, 0.5) is 4.39 Å². The summed E-state index contributed by atoms with van der Waals surface area (Å²) < 4.78 is 13.5. The van der Waals surface area contributed by atoms with E-state index in [0.717, 1.165) is 28.8 Å². The predicted molar refractivity (Wildman–Crippen MR) is 92.9 cm³/mol. The van der Waals surface area contributed by atoms with Gasteiger partial charge in [-0.05, 0) is 62.4 Å². The van der Waals surface area contributed by atoms with Gasteiger partial charge in [0.2, 0.25) is 5.91 Å². The maximum absolute atomic E-state index is 13.5. The first-order valence-corrected chi connectivity index (χ1v) is 8.51. The van der Waals surface area contributed by atoms with E-state index in [-0.39, 0.29) is 23.5 Å². The lowest BCUT2D eigenvalue weighted by molar-refractivity contribution is -0.133. The molecular weight excluding hydrogens is 321 g/mol. The number of benzene rings is 1. The van der Waals surface area contributed by atoms with E-state index in [0.29, 0.717) is 25.1 Å². The van der Waals surface area contributed by atoms with Gasteiger partial charge in [-0.3, -0.25) is 4.79 Å². The Bertz CT molecular complexity index is 849. The number of hydrogen-bond acceptors (Lipinski definition) is 3. The molecule has 5 nitrogen and oxygen atoms in total. The molecule has 0 bridgehead atoms. The number of carbonyl (C=O) groups excluding carboxylic acids is 1. The van der Waals surface area contributed by atoms with Crippen LogP contribution in [0, 0.1) is 19.7 Å². The molecule has 1 N–H and O–H groups in total. The number of nitrogens with zero attached hydrogens (tertiary/aromatic N) is 2. The molecule has 3 rings (SSSR count). The Balaban J connectivity index is 1.73. The summed E-state index contributed by atoms with van der Waals surface area (Å²) in [6.07, 6.45) is 1.61. The smallest absolute Gasteiger partial charge is 0.336 e. The average molecular weight is 343 g/mol. The van der Waals surface area contributed by atoms with E-state index in [9.17, 15) is 14.0 Å². The number of amides is 1. The van der Waals surface area contributed by atoms with Crippen LogP contribution >= 0.6 is 0 Å². The molecule has 0 radical (unpaired) electrons. The minimum absolute atomic E-state index is 0.0346. The molecule has 132 valence electrons. The summed E-state index contributed by atoms with van der Waals surface area (Å²) >= 11 is 0. The molecule has 2 aromatic rings. The van der Waals surface area contributed by atoms with Crippen LogP contribution in [-0.4, -0.2) is 27.3 Å². The van der Waals surface area contributed by atoms with Crippen molar-refractivity contribution in [3.8, 4) is 0 Å². The van der Waals surface area contributed by atoms with Crippen LogP contribution in [0.2, 0.25) is 0 Å². The van der Waals surface area contributed by atoms with Crippen molar-refractivity contribution in [2.24, 2.45) is 0 Å². The average Bonchev–Trinajstić information content (AvgIpc) is 2.54. The number of rotatable bonds is 3. The Labute approximate surface area is 145 Å². The molecule has 1 aliphatic heterocycles. The van der Waals surface area contributed by atoms with Crippen LogP contribution in [0.15, 0.2) is 23.0 Å². The number of aromatic nitrogens is 2. The number of carbonyl (C=O) groups is 1. The first-order chi connectivity index (χ1) is 11.9. The third-order valence-electron chi connectivity index (χ3n) is 5.01. The van der Waals surface area contributed by atoms with Crippen LogP contribution in [0.1, 0.15) is 47.5 Å². The lowest BCUT2D eigenvalue weighted by atomic mass is 9.93. The van der Waals surface area contributed by atoms with Crippen LogP contribution < -0.4 is 5.69 Å². The van der Waals surface area contributed by atoms with E-state index < -0.39 is 0 Å². The van der Waals surface area contributed by atoms with Gasteiger partial charge in [0.25, 0.3) is 0 Å². The number of H-pyrrole nitrogens is 1. The zero-order valence-corrected chi connectivity index (χ0v) is 14.7. The topological polar surface area (TPSA) is 66.1 Å². The molecule has 0 unspecified atom stereocenters. The summed E-state index contributed by atoms with van der Waals surface area (Å²) in [5.74, 6) is -0.238. The molecular formula is C19H22FN3O2. The number of hydrogen-bond donors (Lipinski definition) is 1. The van der Waals surface area contributed by atoms with Crippen molar-refractivity contribution in [1.29, 1.82) is 0 Å². The van der Waals surface area contributed by atoms with Gasteiger partial charge in [-0.25, -0.2) is 9.18 Å². The summed E-state index contributed by atoms with van der Waals surface area (Å²) in [5, 5.41) is 0. The van der Waals surface area contributed by atoms with E-state index in [1.54, 1.807) is 6.92 Å². The highest BCUT2D eigenvalue weighted by molar-refractivity contribution is 5.77. The normalized spacial score (nSPS) is 16.6. The van der Waals surface area contributed by atoms with Crippen molar-refractivity contribution in [1.82, 2.24) is 14.9 Å². The number of aromatic amines is 1. The van der Waals surface area contributed by atoms with E-state index >= 15 is 0 Å². The van der Waals surface area contributed by atoms with Gasteiger partial charge in [0, 0.05) is 24.4 Å². The van der Waals surface area contributed by atoms with Gasteiger partial charge >= 0.3 is 5.69 Å². The molecule has 1 amide bonds. The molecule has 0 saturated carbocycles. The van der Waals surface area contributed by atoms with Crippen molar-refractivity contribution in [2.75, 3.05) is 6.54 Å². The Morgan fingerprint density at radius 2 is 2.16 bits per heavy atom. The summed E-state index contributed by atoms with van der Waals surface area (Å²) in [7, 11) is 0. The second-order valence-corrected chi connectivity index (χ2v) is 6.59. The van der Waals surface area contributed by atoms with Crippen molar-refractivity contribution in [3.63, 3.8) is 0 Å². The Hall–Kier alpha value is -2.50. The Morgan fingerprint density at radius 3 is 2.88 bits per heavy atom. The lowest BCUT2D eigenvalue weighted by Gasteiger charge is -2.35. The summed E-state index contributed by atoms with van der Waals surface area (Å²) in [4.78, 5) is 32.5. The fourth-order valence-corrected chi connectivity index (χ4v) is 3.62. The maximum Gasteiger partial charge on any atom is 0.345 e. The zero-order valence-electron chi connectivity index (χ0n) is 14.7. The van der Waals surface area contributed by atoms with Crippen molar-refractivity contribution >= 4 is 5.91 Å². The van der Waals surface area contributed by atoms with Crippen LogP contribution in [0.25, 0.3) is 0 Å². The van der Waals surface area contributed by atoms with E-state index in [1.165, 1.54) is 12.1 Å². The highest BCUT2D eigenvalue weighted by Gasteiger charge is 2.27. The summed E-state index contributed by atoms with van der Waals surface area (Å²) in [6.45, 7) is 6.18. The van der Waals surface area contributed by atoms with Crippen molar-refractivity contribution in [2.45, 2.75) is 46.1 Å². The first-order valence-electron chi connectivity index (χ1n) is 8.51. The Kier molecular flexibility index (Phi) is 4.70. The third-order valence-corrected chi connectivity index (χ3v) is 5.01. The summed E-state index contributed by atoms with van der Waals surface area (Å²) in [6, 6.07) is 4.67. The van der Waals surface area contributed by atoms with Gasteiger partial charge in [0.1, 0.15) is 5.82 Å². The van der Waals surface area contributed by atoms with E-state index in [1.807, 2.05) is 24.8 Å². The Morgan fingerprint density at radius 1 is 1.40 bits per heavy atom. The maximum atomic E-state index is 13.5. The summed E-state index contributed by atoms with van der Waals surface area (Å²) in [5.41, 5.74) is 3.95. The van der Waals surface area contributed by atoms with Gasteiger partial charge in [-0.15, -0.1) is 0 Å². The number of nitrogens with one attached hydrogen (secondary N) is 1. The molecule has 1 aliphatic rings. The molecule has 25 heavy (non-hydrogen) atoms. The fraction of sp³-hybridized carbons (Fsp3) is 0.421. The molecule has 1 aromatic heterocycles. The molecule has 0 fully saturated rings. The highest BCUT2D eigenvalue weighted by Crippen LogP contribution is 2.30. The third kappa shape index (κ3) is 3.48. The van der Waals surface area contributed by atoms with Gasteiger partial charge < -0.3 is 9.88 Å². The molecule has 6 heteroatoms.